The molecule has 0 aliphatic heterocycles. The lowest BCUT2D eigenvalue weighted by Crippen LogP contribution is -2.47. The lowest BCUT2D eigenvalue weighted by molar-refractivity contribution is 0.0846. The number of carbonyl (C=O) groups is 1. The molecular weight excluding hydrogens is 329 g/mol. The van der Waals surface area contributed by atoms with Crippen molar-refractivity contribution in [1.82, 2.24) is 5.32 Å². The van der Waals surface area contributed by atoms with Crippen LogP contribution in [0.1, 0.15) is 38.9 Å². The summed E-state index contributed by atoms with van der Waals surface area (Å²) in [4.78, 5) is 10.8. The Morgan fingerprint density at radius 3 is 2.50 bits per heavy atom. The van der Waals surface area contributed by atoms with Crippen molar-refractivity contribution in [2.24, 2.45) is 0 Å². The third-order valence-electron chi connectivity index (χ3n) is 4.47. The van der Waals surface area contributed by atoms with E-state index in [2.05, 4.69) is 39.2 Å². The van der Waals surface area contributed by atoms with Crippen molar-refractivity contribution in [3.63, 3.8) is 0 Å². The lowest BCUT2D eigenvalue weighted by atomic mass is 10.0. The summed E-state index contributed by atoms with van der Waals surface area (Å²) in [5.74, 6) is -0.419. The zero-order valence-corrected chi connectivity index (χ0v) is 16.0. The van der Waals surface area contributed by atoms with E-state index in [0.29, 0.717) is 5.56 Å². The van der Waals surface area contributed by atoms with Crippen LogP contribution >= 0.6 is 0 Å². The van der Waals surface area contributed by atoms with Crippen LogP contribution in [-0.2, 0) is 4.43 Å². The zero-order valence-electron chi connectivity index (χ0n) is 15.0. The summed E-state index contributed by atoms with van der Waals surface area (Å²) in [5, 5.41) is 21.5. The van der Waals surface area contributed by atoms with Gasteiger partial charge in [-0.25, -0.2) is 9.18 Å². The largest absolute Gasteiger partial charge is 0.465 e. The molecule has 1 rings (SSSR count). The van der Waals surface area contributed by atoms with Crippen LogP contribution in [0.3, 0.4) is 0 Å². The average Bonchev–Trinajstić information content (AvgIpc) is 2.43. The lowest BCUT2D eigenvalue weighted by Gasteiger charge is -2.39. The normalized spacial score (nSPS) is 15.0. The molecule has 5 nitrogen and oxygen atoms in total. The second-order valence-corrected chi connectivity index (χ2v) is 12.2. The molecule has 1 aromatic rings. The summed E-state index contributed by atoms with van der Waals surface area (Å²) in [7, 11) is -2.14. The quantitative estimate of drug-likeness (QED) is 0.647. The van der Waals surface area contributed by atoms with E-state index < -0.39 is 32.4 Å². The van der Waals surface area contributed by atoms with Gasteiger partial charge in [0.25, 0.3) is 0 Å². The highest BCUT2D eigenvalue weighted by atomic mass is 28.4. The number of aliphatic hydroxyl groups is 1. The van der Waals surface area contributed by atoms with E-state index in [1.54, 1.807) is 6.07 Å². The summed E-state index contributed by atoms with van der Waals surface area (Å²) in [5.41, 5.74) is 0.453. The molecule has 1 amide bonds. The van der Waals surface area contributed by atoms with Crippen molar-refractivity contribution in [3.8, 4) is 0 Å². The molecule has 0 aliphatic carbocycles. The minimum Gasteiger partial charge on any atom is -0.465 e. The van der Waals surface area contributed by atoms with Gasteiger partial charge >= 0.3 is 6.09 Å². The number of rotatable bonds is 7. The zero-order chi connectivity index (χ0) is 18.5. The number of hydrogen-bond donors (Lipinski definition) is 3. The maximum absolute atomic E-state index is 13.3. The first kappa shape index (κ1) is 20.6. The van der Waals surface area contributed by atoms with E-state index in [4.69, 9.17) is 9.53 Å². The highest BCUT2D eigenvalue weighted by molar-refractivity contribution is 6.74. The van der Waals surface area contributed by atoms with Crippen molar-refractivity contribution in [3.05, 3.63) is 35.6 Å². The first-order chi connectivity index (χ1) is 10.9. The number of benzene rings is 1. The maximum atomic E-state index is 13.3. The van der Waals surface area contributed by atoms with E-state index in [1.807, 2.05) is 0 Å². The van der Waals surface area contributed by atoms with Crippen molar-refractivity contribution in [2.45, 2.75) is 57.5 Å². The fourth-order valence-corrected chi connectivity index (χ4v) is 3.43. The Labute approximate surface area is 144 Å². The van der Waals surface area contributed by atoms with Gasteiger partial charge in [-0.1, -0.05) is 32.9 Å². The Morgan fingerprint density at radius 2 is 2.00 bits per heavy atom. The summed E-state index contributed by atoms with van der Waals surface area (Å²) >= 11 is 0. The van der Waals surface area contributed by atoms with Gasteiger partial charge in [-0.05, 0) is 35.8 Å². The highest BCUT2D eigenvalue weighted by Gasteiger charge is 2.39. The Bertz CT molecular complexity index is 560. The van der Waals surface area contributed by atoms with Crippen molar-refractivity contribution in [1.29, 1.82) is 0 Å². The molecule has 0 spiro atoms. The fourth-order valence-electron chi connectivity index (χ4n) is 2.07. The number of amides is 1. The summed E-state index contributed by atoms with van der Waals surface area (Å²) in [6.07, 6.45) is -2.36. The molecule has 136 valence electrons. The van der Waals surface area contributed by atoms with Crippen LogP contribution in [0.5, 0.6) is 0 Å². The first-order valence-corrected chi connectivity index (χ1v) is 10.9. The van der Waals surface area contributed by atoms with Gasteiger partial charge in [-0.2, -0.15) is 0 Å². The Balaban J connectivity index is 2.87. The van der Waals surface area contributed by atoms with E-state index in [-0.39, 0.29) is 18.0 Å². The van der Waals surface area contributed by atoms with Gasteiger partial charge in [-0.3, -0.25) is 0 Å². The van der Waals surface area contributed by atoms with Crippen molar-refractivity contribution in [2.75, 3.05) is 6.54 Å². The molecule has 0 saturated carbocycles. The Morgan fingerprint density at radius 1 is 1.38 bits per heavy atom. The number of halogens is 1. The molecule has 1 unspecified atom stereocenters. The predicted molar refractivity (Wildman–Crippen MR) is 94.1 cm³/mol. The topological polar surface area (TPSA) is 78.8 Å². The molecule has 7 heteroatoms. The van der Waals surface area contributed by atoms with E-state index in [9.17, 15) is 14.3 Å². The van der Waals surface area contributed by atoms with Crippen LogP contribution in [0.15, 0.2) is 24.3 Å². The Hall–Kier alpha value is -1.44. The molecule has 2 atom stereocenters. The van der Waals surface area contributed by atoms with Gasteiger partial charge < -0.3 is 20.0 Å². The van der Waals surface area contributed by atoms with Crippen LogP contribution in [0.25, 0.3) is 0 Å². The second-order valence-electron chi connectivity index (χ2n) is 7.49. The van der Waals surface area contributed by atoms with Crippen LogP contribution < -0.4 is 5.32 Å². The van der Waals surface area contributed by atoms with Gasteiger partial charge in [0, 0.05) is 13.0 Å². The van der Waals surface area contributed by atoms with Gasteiger partial charge in [-0.15, -0.1) is 0 Å². The molecule has 0 radical (unpaired) electrons. The average molecular weight is 357 g/mol. The molecule has 0 aromatic heterocycles. The minimum absolute atomic E-state index is 0.0434. The second kappa shape index (κ2) is 8.09. The van der Waals surface area contributed by atoms with E-state index in [0.717, 1.165) is 0 Å². The van der Waals surface area contributed by atoms with Gasteiger partial charge in [0.2, 0.25) is 0 Å². The monoisotopic (exact) mass is 357 g/mol. The molecule has 0 fully saturated rings. The molecule has 0 aliphatic rings. The molecular formula is C17H28FNO4Si. The highest BCUT2D eigenvalue weighted by Crippen LogP contribution is 2.38. The maximum Gasteiger partial charge on any atom is 0.404 e. The van der Waals surface area contributed by atoms with Crippen LogP contribution in [-0.4, -0.2) is 37.3 Å². The summed E-state index contributed by atoms with van der Waals surface area (Å²) < 4.78 is 19.6. The fraction of sp³-hybridized carbons (Fsp3) is 0.588. The minimum atomic E-state index is -2.14. The van der Waals surface area contributed by atoms with Gasteiger partial charge in [0.15, 0.2) is 8.32 Å². The standard InChI is InChI=1S/C17H28FNO4Si/c1-17(2,3)24(4,5)23-14(11-19-16(21)22)10-15(20)12-7-6-8-13(18)9-12/h6-9,14-15,19-20H,10-11H2,1-5H3,(H,21,22)/t14-,15?/m1/s1. The molecule has 24 heavy (non-hydrogen) atoms. The predicted octanol–water partition coefficient (Wildman–Crippen LogP) is 3.91. The number of aliphatic hydroxyl groups excluding tert-OH is 1. The van der Waals surface area contributed by atoms with E-state index in [1.165, 1.54) is 18.2 Å². The number of nitrogens with one attached hydrogen (secondary N) is 1. The molecule has 0 bridgehead atoms. The van der Waals surface area contributed by atoms with Crippen LogP contribution in [0.2, 0.25) is 18.1 Å². The van der Waals surface area contributed by atoms with Gasteiger partial charge in [0.05, 0.1) is 12.2 Å². The smallest absolute Gasteiger partial charge is 0.404 e. The van der Waals surface area contributed by atoms with Crippen molar-refractivity contribution >= 4 is 14.4 Å². The van der Waals surface area contributed by atoms with Gasteiger partial charge in [0.1, 0.15) is 5.82 Å². The summed E-state index contributed by atoms with van der Waals surface area (Å²) in [6, 6.07) is 5.76. The van der Waals surface area contributed by atoms with E-state index >= 15 is 0 Å². The molecule has 0 heterocycles. The van der Waals surface area contributed by atoms with Crippen molar-refractivity contribution < 1.29 is 23.8 Å². The third kappa shape index (κ3) is 6.22. The molecule has 0 saturated heterocycles. The summed E-state index contributed by atoms with van der Waals surface area (Å²) in [6.45, 7) is 10.5. The van der Waals surface area contributed by atoms with Crippen LogP contribution in [0.4, 0.5) is 9.18 Å². The number of carboxylic acid groups (broad SMARTS) is 1. The third-order valence-corrected chi connectivity index (χ3v) is 9.00. The number of hydrogen-bond acceptors (Lipinski definition) is 3. The SMILES string of the molecule is CC(C)(C)[Si](C)(C)O[C@@H](CNC(=O)O)CC(O)c1cccc(F)c1. The first-order valence-electron chi connectivity index (χ1n) is 8.00. The van der Waals surface area contributed by atoms with Crippen LogP contribution in [0, 0.1) is 5.82 Å². The molecule has 3 N–H and O–H groups in total. The Kier molecular flexibility index (Phi) is 6.94. The molecule has 1 aromatic carbocycles.